The number of rotatable bonds is 4. The molecule has 0 aliphatic rings. The quantitative estimate of drug-likeness (QED) is 0.427. The van der Waals surface area contributed by atoms with Crippen molar-refractivity contribution in [3.8, 4) is 5.69 Å². The number of para-hydroxylation sites is 2. The van der Waals surface area contributed by atoms with Gasteiger partial charge >= 0.3 is 0 Å². The fraction of sp³-hybridized carbons (Fsp3) is 0.333. The van der Waals surface area contributed by atoms with Crippen LogP contribution < -0.4 is 0 Å². The van der Waals surface area contributed by atoms with Crippen LogP contribution in [0.4, 0.5) is 0 Å². The van der Waals surface area contributed by atoms with Crippen LogP contribution >= 0.6 is 0 Å². The summed E-state index contributed by atoms with van der Waals surface area (Å²) in [5.74, 6) is 0. The van der Waals surface area contributed by atoms with E-state index in [9.17, 15) is 0 Å². The fourth-order valence-electron chi connectivity index (χ4n) is 2.56. The summed E-state index contributed by atoms with van der Waals surface area (Å²) < 4.78 is 2.22. The minimum atomic E-state index is 1.09. The first-order valence-corrected chi connectivity index (χ1v) is 10.6. The van der Waals surface area contributed by atoms with E-state index in [2.05, 4.69) is 81.8 Å². The molecule has 0 fully saturated rings. The molecule has 1 aromatic heterocycles. The molecule has 0 saturated heterocycles. The first-order chi connectivity index (χ1) is 13.7. The molecule has 0 aliphatic carbocycles. The Bertz CT molecular complexity index is 792. The summed E-state index contributed by atoms with van der Waals surface area (Å²) in [5.41, 5.74) is 4.54. The summed E-state index contributed by atoms with van der Waals surface area (Å²) in [7, 11) is 0. The largest absolute Gasteiger partial charge is 0.309 e. The van der Waals surface area contributed by atoms with Gasteiger partial charge in [0.15, 0.2) is 0 Å². The number of benzene rings is 2. The molecule has 0 radical (unpaired) electrons. The smallest absolute Gasteiger partial charge is 0.0541 e. The van der Waals surface area contributed by atoms with E-state index in [1.165, 1.54) is 30.2 Å². The van der Waals surface area contributed by atoms with Crippen LogP contribution in [0.5, 0.6) is 0 Å². The van der Waals surface area contributed by atoms with Crippen molar-refractivity contribution in [3.05, 3.63) is 79.0 Å². The highest BCUT2D eigenvalue weighted by molar-refractivity contribution is 5.95. The maximum Gasteiger partial charge on any atom is 0.0541 e. The molecule has 152 valence electrons. The van der Waals surface area contributed by atoms with Crippen LogP contribution in [0.1, 0.15) is 72.1 Å². The Morgan fingerprint density at radius 1 is 0.750 bits per heavy atom. The molecule has 0 saturated carbocycles. The van der Waals surface area contributed by atoms with E-state index < -0.39 is 0 Å². The number of nitrogens with zero attached hydrogens (tertiary/aromatic N) is 1. The predicted molar refractivity (Wildman–Crippen MR) is 131 cm³/mol. The predicted octanol–water partition coefficient (Wildman–Crippen LogP) is 9.17. The minimum Gasteiger partial charge on any atom is -0.309 e. The lowest BCUT2D eigenvalue weighted by atomic mass is 10.1. The lowest BCUT2D eigenvalue weighted by Gasteiger charge is -2.08. The van der Waals surface area contributed by atoms with E-state index in [0.29, 0.717) is 0 Å². The zero-order valence-electron chi connectivity index (χ0n) is 18.8. The van der Waals surface area contributed by atoms with Gasteiger partial charge in [-0.05, 0) is 24.3 Å². The molecule has 0 atom stereocenters. The van der Waals surface area contributed by atoms with E-state index in [4.69, 9.17) is 0 Å². The average molecular weight is 378 g/mol. The molecule has 0 spiro atoms. The number of fused-ring (bicyclic) bond motifs is 1. The molecule has 0 N–H and O–H groups in total. The molecule has 3 aromatic rings. The molecule has 0 unspecified atom stereocenters. The number of unbranched alkanes of at least 4 members (excludes halogenated alkanes) is 1. The Balaban J connectivity index is 0.000000696. The third-order valence-corrected chi connectivity index (χ3v) is 3.86. The van der Waals surface area contributed by atoms with Gasteiger partial charge in [-0.2, -0.15) is 0 Å². The van der Waals surface area contributed by atoms with Crippen LogP contribution in [0, 0.1) is 0 Å². The SMILES string of the molecule is C=Cc1c(C=C)n(-c2ccccc2)c2ccccc12.CC.CCC.CCCC. The number of aromatic nitrogens is 1. The minimum absolute atomic E-state index is 1.09. The third kappa shape index (κ3) is 6.88. The van der Waals surface area contributed by atoms with Crippen molar-refractivity contribution in [3.63, 3.8) is 0 Å². The summed E-state index contributed by atoms with van der Waals surface area (Å²) in [6.07, 6.45) is 7.68. The van der Waals surface area contributed by atoms with Gasteiger partial charge in [-0.1, -0.05) is 116 Å². The molecule has 1 nitrogen and oxygen atoms in total. The zero-order valence-corrected chi connectivity index (χ0v) is 18.8. The van der Waals surface area contributed by atoms with Crippen molar-refractivity contribution in [1.29, 1.82) is 0 Å². The van der Waals surface area contributed by atoms with Crippen LogP contribution in [0.25, 0.3) is 28.7 Å². The van der Waals surface area contributed by atoms with Crippen molar-refractivity contribution in [2.45, 2.75) is 60.8 Å². The normalized spacial score (nSPS) is 9.07. The van der Waals surface area contributed by atoms with Crippen molar-refractivity contribution < 1.29 is 0 Å². The van der Waals surface area contributed by atoms with Crippen LogP contribution in [-0.4, -0.2) is 4.57 Å². The monoisotopic (exact) mass is 377 g/mol. The van der Waals surface area contributed by atoms with E-state index in [0.717, 1.165) is 16.9 Å². The Labute approximate surface area is 173 Å². The summed E-state index contributed by atoms with van der Waals surface area (Å²) in [4.78, 5) is 0. The molecule has 0 bridgehead atoms. The first-order valence-electron chi connectivity index (χ1n) is 10.6. The van der Waals surface area contributed by atoms with E-state index in [1.54, 1.807) is 0 Å². The van der Waals surface area contributed by atoms with Crippen LogP contribution in [0.15, 0.2) is 67.8 Å². The molecule has 28 heavy (non-hydrogen) atoms. The molecule has 1 heterocycles. The van der Waals surface area contributed by atoms with Gasteiger partial charge in [-0.15, -0.1) is 0 Å². The fourth-order valence-corrected chi connectivity index (χ4v) is 2.56. The lowest BCUT2D eigenvalue weighted by molar-refractivity contribution is 0.886. The van der Waals surface area contributed by atoms with Gasteiger partial charge in [0.2, 0.25) is 0 Å². The molecular formula is C27H39N. The van der Waals surface area contributed by atoms with Gasteiger partial charge < -0.3 is 4.57 Å². The van der Waals surface area contributed by atoms with Crippen molar-refractivity contribution in [1.82, 2.24) is 4.57 Å². The Morgan fingerprint density at radius 3 is 1.71 bits per heavy atom. The van der Waals surface area contributed by atoms with Gasteiger partial charge in [0.05, 0.1) is 11.2 Å². The van der Waals surface area contributed by atoms with E-state index in [-0.39, 0.29) is 0 Å². The molecule has 3 rings (SSSR count). The Morgan fingerprint density at radius 2 is 1.25 bits per heavy atom. The second-order valence-corrected chi connectivity index (χ2v) is 6.10. The maximum absolute atomic E-state index is 3.95. The van der Waals surface area contributed by atoms with Gasteiger partial charge in [-0.3, -0.25) is 0 Å². The summed E-state index contributed by atoms with van der Waals surface area (Å²) in [5, 5.41) is 1.20. The zero-order chi connectivity index (χ0) is 21.4. The van der Waals surface area contributed by atoms with Crippen molar-refractivity contribution in [2.75, 3.05) is 0 Å². The Hall–Kier alpha value is -2.54. The number of hydrogen-bond acceptors (Lipinski definition) is 0. The summed E-state index contributed by atoms with van der Waals surface area (Å²) in [6, 6.07) is 18.7. The van der Waals surface area contributed by atoms with Crippen LogP contribution in [0.2, 0.25) is 0 Å². The maximum atomic E-state index is 3.95. The highest BCUT2D eigenvalue weighted by atomic mass is 15.0. The van der Waals surface area contributed by atoms with E-state index in [1.807, 2.05) is 44.2 Å². The van der Waals surface area contributed by atoms with Gasteiger partial charge in [0.1, 0.15) is 0 Å². The second-order valence-electron chi connectivity index (χ2n) is 6.10. The van der Waals surface area contributed by atoms with Crippen LogP contribution in [-0.2, 0) is 0 Å². The third-order valence-electron chi connectivity index (χ3n) is 3.86. The van der Waals surface area contributed by atoms with Gasteiger partial charge in [0, 0.05) is 16.6 Å². The van der Waals surface area contributed by atoms with Crippen molar-refractivity contribution in [2.24, 2.45) is 0 Å². The molecule has 0 amide bonds. The van der Waals surface area contributed by atoms with Crippen molar-refractivity contribution >= 4 is 23.1 Å². The molecule has 2 aromatic carbocycles. The highest BCUT2D eigenvalue weighted by Gasteiger charge is 2.13. The van der Waals surface area contributed by atoms with E-state index >= 15 is 0 Å². The molecule has 1 heteroatoms. The molecular weight excluding hydrogens is 338 g/mol. The summed E-state index contributed by atoms with van der Waals surface area (Å²) >= 11 is 0. The van der Waals surface area contributed by atoms with Gasteiger partial charge in [0.25, 0.3) is 0 Å². The Kier molecular flexibility index (Phi) is 14.1. The average Bonchev–Trinajstić information content (AvgIpc) is 3.10. The lowest BCUT2D eigenvalue weighted by Crippen LogP contribution is -1.96. The second kappa shape index (κ2) is 15.5. The topological polar surface area (TPSA) is 4.93 Å². The number of hydrogen-bond donors (Lipinski definition) is 0. The van der Waals surface area contributed by atoms with Gasteiger partial charge in [-0.25, -0.2) is 0 Å². The first kappa shape index (κ1) is 25.5. The van der Waals surface area contributed by atoms with Crippen LogP contribution in [0.3, 0.4) is 0 Å². The standard InChI is InChI=1S/C18H15N.C4H10.C3H8.C2H6/c1-3-15-16-12-8-9-13-18(16)19(17(15)4-2)14-10-6-5-7-11-14;1-3-4-2;1-3-2;1-2/h3-13H,1-2H2;3-4H2,1-2H3;3H2,1-2H3;1-2H3. The summed E-state index contributed by atoms with van der Waals surface area (Å²) in [6.45, 7) is 20.5. The molecule has 0 aliphatic heterocycles. The highest BCUT2D eigenvalue weighted by Crippen LogP contribution is 2.30.